The van der Waals surface area contributed by atoms with Gasteiger partial charge in [-0.2, -0.15) is 0 Å². The first-order valence-corrected chi connectivity index (χ1v) is 5.55. The first kappa shape index (κ1) is 11.1. The maximum absolute atomic E-state index is 11.6. The van der Waals surface area contributed by atoms with Gasteiger partial charge in [0.25, 0.3) is 0 Å². The van der Waals surface area contributed by atoms with E-state index in [2.05, 4.69) is 0 Å². The van der Waals surface area contributed by atoms with Crippen LogP contribution in [0.1, 0.15) is 12.0 Å². The van der Waals surface area contributed by atoms with Crippen LogP contribution >= 0.6 is 11.6 Å². The van der Waals surface area contributed by atoms with E-state index < -0.39 is 5.24 Å². The predicted octanol–water partition coefficient (Wildman–Crippen LogP) is 1.80. The van der Waals surface area contributed by atoms with Crippen LogP contribution in [-0.4, -0.2) is 22.6 Å². The largest absolute Gasteiger partial charge is 0.338 e. The fraction of sp³-hybridized carbons (Fsp3) is 0.333. The molecule has 1 aromatic carbocycles. The molecule has 2 rings (SSSR count). The third-order valence-corrected chi connectivity index (χ3v) is 3.06. The van der Waals surface area contributed by atoms with Crippen molar-refractivity contribution < 1.29 is 9.59 Å². The second-order valence-electron chi connectivity index (χ2n) is 3.97. The van der Waals surface area contributed by atoms with Crippen LogP contribution in [-0.2, 0) is 16.1 Å². The Morgan fingerprint density at radius 2 is 2.06 bits per heavy atom. The Balaban J connectivity index is 2.02. The number of nitrogens with zero attached hydrogens (tertiary/aromatic N) is 1. The minimum Gasteiger partial charge on any atom is -0.338 e. The SMILES string of the molecule is O=C(Cl)C1CC(=O)N(Cc2ccccc2)C1. The van der Waals surface area contributed by atoms with E-state index in [1.807, 2.05) is 30.3 Å². The van der Waals surface area contributed by atoms with Gasteiger partial charge in [-0.3, -0.25) is 9.59 Å². The molecule has 1 fully saturated rings. The Kier molecular flexibility index (Phi) is 3.25. The lowest BCUT2D eigenvalue weighted by molar-refractivity contribution is -0.128. The van der Waals surface area contributed by atoms with Gasteiger partial charge in [-0.1, -0.05) is 30.3 Å². The molecule has 1 unspecified atom stereocenters. The van der Waals surface area contributed by atoms with E-state index in [9.17, 15) is 9.59 Å². The molecule has 1 heterocycles. The van der Waals surface area contributed by atoms with Gasteiger partial charge in [0, 0.05) is 19.5 Å². The molecule has 0 aliphatic carbocycles. The Morgan fingerprint density at radius 1 is 1.38 bits per heavy atom. The van der Waals surface area contributed by atoms with Crippen molar-refractivity contribution in [3.63, 3.8) is 0 Å². The second-order valence-corrected chi connectivity index (χ2v) is 4.34. The van der Waals surface area contributed by atoms with Gasteiger partial charge in [0.05, 0.1) is 5.92 Å². The summed E-state index contributed by atoms with van der Waals surface area (Å²) in [5.74, 6) is -0.333. The fourth-order valence-electron chi connectivity index (χ4n) is 1.88. The van der Waals surface area contributed by atoms with Crippen molar-refractivity contribution in [2.45, 2.75) is 13.0 Å². The lowest BCUT2D eigenvalue weighted by Gasteiger charge is -2.15. The number of halogens is 1. The van der Waals surface area contributed by atoms with Gasteiger partial charge in [-0.05, 0) is 17.2 Å². The normalized spacial score (nSPS) is 20.2. The van der Waals surface area contributed by atoms with Crippen molar-refractivity contribution in [3.05, 3.63) is 35.9 Å². The summed E-state index contributed by atoms with van der Waals surface area (Å²) in [4.78, 5) is 24.3. The lowest BCUT2D eigenvalue weighted by atomic mass is 10.1. The van der Waals surface area contributed by atoms with Gasteiger partial charge in [-0.15, -0.1) is 0 Å². The molecule has 4 heteroatoms. The van der Waals surface area contributed by atoms with E-state index in [4.69, 9.17) is 11.6 Å². The minimum absolute atomic E-state index is 0.00264. The topological polar surface area (TPSA) is 37.4 Å². The summed E-state index contributed by atoms with van der Waals surface area (Å²) >= 11 is 5.40. The highest BCUT2D eigenvalue weighted by Crippen LogP contribution is 2.21. The number of carbonyl (C=O) groups excluding carboxylic acids is 2. The molecular formula is C12H12ClNO2. The van der Waals surface area contributed by atoms with Crippen LogP contribution in [0.4, 0.5) is 0 Å². The smallest absolute Gasteiger partial charge is 0.227 e. The molecule has 84 valence electrons. The van der Waals surface area contributed by atoms with Crippen molar-refractivity contribution in [1.82, 2.24) is 4.90 Å². The maximum atomic E-state index is 11.6. The summed E-state index contributed by atoms with van der Waals surface area (Å²) in [6.45, 7) is 0.996. The average molecular weight is 238 g/mol. The molecule has 0 spiro atoms. The van der Waals surface area contributed by atoms with E-state index in [-0.39, 0.29) is 18.2 Å². The summed E-state index contributed by atoms with van der Waals surface area (Å²) in [7, 11) is 0. The van der Waals surface area contributed by atoms with Crippen LogP contribution in [0.15, 0.2) is 30.3 Å². The quantitative estimate of drug-likeness (QED) is 0.752. The fourth-order valence-corrected chi connectivity index (χ4v) is 2.03. The standard InChI is InChI=1S/C12H12ClNO2/c13-12(16)10-6-11(15)14(8-10)7-9-4-2-1-3-5-9/h1-5,10H,6-8H2. The van der Waals surface area contributed by atoms with E-state index in [1.54, 1.807) is 4.90 Å². The third-order valence-electron chi connectivity index (χ3n) is 2.75. The molecule has 0 radical (unpaired) electrons. The molecule has 0 aromatic heterocycles. The summed E-state index contributed by atoms with van der Waals surface area (Å²) < 4.78 is 0. The van der Waals surface area contributed by atoms with E-state index in [1.165, 1.54) is 0 Å². The van der Waals surface area contributed by atoms with E-state index in [0.29, 0.717) is 13.1 Å². The molecule has 0 N–H and O–H groups in total. The summed E-state index contributed by atoms with van der Waals surface area (Å²) in [6, 6.07) is 9.72. The number of benzene rings is 1. The Labute approximate surface area is 99.0 Å². The van der Waals surface area contributed by atoms with Crippen LogP contribution in [0, 0.1) is 5.92 Å². The molecule has 16 heavy (non-hydrogen) atoms. The van der Waals surface area contributed by atoms with Gasteiger partial charge in [0.15, 0.2) is 0 Å². The van der Waals surface area contributed by atoms with Crippen LogP contribution in [0.3, 0.4) is 0 Å². The Bertz CT molecular complexity index is 405. The van der Waals surface area contributed by atoms with Crippen LogP contribution in [0.5, 0.6) is 0 Å². The number of likely N-dealkylation sites (tertiary alicyclic amines) is 1. The summed E-state index contributed by atoms with van der Waals surface area (Å²) in [6.07, 6.45) is 0.245. The highest BCUT2D eigenvalue weighted by molar-refractivity contribution is 6.64. The molecule has 0 saturated carbocycles. The zero-order chi connectivity index (χ0) is 11.5. The molecule has 1 aliphatic rings. The molecule has 3 nitrogen and oxygen atoms in total. The van der Waals surface area contributed by atoms with Crippen molar-refractivity contribution in [2.75, 3.05) is 6.54 Å². The Hall–Kier alpha value is -1.35. The van der Waals surface area contributed by atoms with Gasteiger partial charge >= 0.3 is 0 Å². The molecular weight excluding hydrogens is 226 g/mol. The van der Waals surface area contributed by atoms with Gasteiger partial charge in [0.1, 0.15) is 0 Å². The van der Waals surface area contributed by atoms with Gasteiger partial charge < -0.3 is 4.90 Å². The molecule has 1 atom stereocenters. The van der Waals surface area contributed by atoms with Crippen molar-refractivity contribution in [2.24, 2.45) is 5.92 Å². The average Bonchev–Trinajstić information content (AvgIpc) is 2.62. The van der Waals surface area contributed by atoms with Crippen molar-refractivity contribution >= 4 is 22.8 Å². The summed E-state index contributed by atoms with van der Waals surface area (Å²) in [5, 5.41) is -0.413. The minimum atomic E-state index is -0.413. The predicted molar refractivity (Wildman–Crippen MR) is 60.8 cm³/mol. The van der Waals surface area contributed by atoms with E-state index >= 15 is 0 Å². The summed E-state index contributed by atoms with van der Waals surface area (Å²) in [5.41, 5.74) is 1.07. The highest BCUT2D eigenvalue weighted by Gasteiger charge is 2.33. The first-order chi connectivity index (χ1) is 7.66. The number of amides is 1. The molecule has 1 aliphatic heterocycles. The first-order valence-electron chi connectivity index (χ1n) is 5.18. The van der Waals surface area contributed by atoms with Gasteiger partial charge in [0.2, 0.25) is 11.1 Å². The molecule has 1 amide bonds. The van der Waals surface area contributed by atoms with E-state index in [0.717, 1.165) is 5.56 Å². The molecule has 0 bridgehead atoms. The third kappa shape index (κ3) is 2.42. The van der Waals surface area contributed by atoms with Crippen molar-refractivity contribution in [1.29, 1.82) is 0 Å². The van der Waals surface area contributed by atoms with Crippen LogP contribution < -0.4 is 0 Å². The van der Waals surface area contributed by atoms with Gasteiger partial charge in [-0.25, -0.2) is 0 Å². The van der Waals surface area contributed by atoms with Crippen LogP contribution in [0.25, 0.3) is 0 Å². The lowest BCUT2D eigenvalue weighted by Crippen LogP contribution is -2.25. The zero-order valence-electron chi connectivity index (χ0n) is 8.73. The van der Waals surface area contributed by atoms with Crippen LogP contribution in [0.2, 0.25) is 0 Å². The number of carbonyl (C=O) groups is 2. The number of rotatable bonds is 3. The number of hydrogen-bond donors (Lipinski definition) is 0. The highest BCUT2D eigenvalue weighted by atomic mass is 35.5. The second kappa shape index (κ2) is 4.66. The molecule has 1 saturated heterocycles. The maximum Gasteiger partial charge on any atom is 0.227 e. The zero-order valence-corrected chi connectivity index (χ0v) is 9.48. The molecule has 1 aromatic rings. The van der Waals surface area contributed by atoms with Crippen molar-refractivity contribution in [3.8, 4) is 0 Å². The monoisotopic (exact) mass is 237 g/mol. The Morgan fingerprint density at radius 3 is 2.62 bits per heavy atom. The number of hydrogen-bond acceptors (Lipinski definition) is 2.